The molecule has 1 N–H and O–H groups in total. The quantitative estimate of drug-likeness (QED) is 0.564. The molecule has 5 rings (SSSR count). The Labute approximate surface area is 186 Å². The van der Waals surface area contributed by atoms with Crippen LogP contribution in [0.5, 0.6) is 5.75 Å². The number of halogens is 3. The van der Waals surface area contributed by atoms with Gasteiger partial charge in [-0.1, -0.05) is 6.92 Å². The number of hydrogen-bond acceptors (Lipinski definition) is 5. The van der Waals surface area contributed by atoms with Gasteiger partial charge < -0.3 is 10.1 Å². The number of nitrogens with zero attached hydrogens (tertiary/aromatic N) is 3. The van der Waals surface area contributed by atoms with E-state index in [2.05, 4.69) is 15.0 Å². The first-order valence-corrected chi connectivity index (χ1v) is 10.3. The monoisotopic (exact) mass is 456 g/mol. The Morgan fingerprint density at radius 1 is 1.12 bits per heavy atom. The molecule has 0 bridgehead atoms. The van der Waals surface area contributed by atoms with Gasteiger partial charge >= 0.3 is 12.4 Å². The highest BCUT2D eigenvalue weighted by Crippen LogP contribution is 2.56. The Balaban J connectivity index is 1.56. The van der Waals surface area contributed by atoms with Crippen LogP contribution >= 0.6 is 0 Å². The highest BCUT2D eigenvalue weighted by molar-refractivity contribution is 6.33. The van der Waals surface area contributed by atoms with Crippen LogP contribution in [0.4, 0.5) is 35.0 Å². The summed E-state index contributed by atoms with van der Waals surface area (Å²) >= 11 is 0. The molecule has 2 fully saturated rings. The summed E-state index contributed by atoms with van der Waals surface area (Å²) < 4.78 is 41.3. The van der Waals surface area contributed by atoms with Gasteiger partial charge in [0.25, 0.3) is 5.91 Å². The predicted octanol–water partition coefficient (Wildman–Crippen LogP) is 4.93. The number of anilines is 3. The van der Waals surface area contributed by atoms with Crippen molar-refractivity contribution in [2.45, 2.75) is 25.2 Å². The highest BCUT2D eigenvalue weighted by Gasteiger charge is 2.70. The van der Waals surface area contributed by atoms with Crippen molar-refractivity contribution in [2.24, 2.45) is 5.92 Å². The molecular weight excluding hydrogens is 437 g/mol. The first-order valence-electron chi connectivity index (χ1n) is 10.3. The first-order chi connectivity index (χ1) is 15.7. The van der Waals surface area contributed by atoms with E-state index >= 15 is 0 Å². The molecular formula is C23H19F3N4O3. The summed E-state index contributed by atoms with van der Waals surface area (Å²) in [6, 6.07) is 11.4. The lowest BCUT2D eigenvalue weighted by molar-refractivity contribution is -0.274. The van der Waals surface area contributed by atoms with Gasteiger partial charge in [0.1, 0.15) is 11.3 Å². The zero-order valence-corrected chi connectivity index (χ0v) is 17.7. The number of alkyl halides is 3. The lowest BCUT2D eigenvalue weighted by Crippen LogP contribution is -2.39. The molecule has 1 aromatic heterocycles. The fraction of sp³-hybridized carbons (Fsp3) is 0.261. The van der Waals surface area contributed by atoms with E-state index in [1.165, 1.54) is 17.0 Å². The van der Waals surface area contributed by atoms with Crippen molar-refractivity contribution in [3.8, 4) is 5.75 Å². The zero-order valence-electron chi connectivity index (χ0n) is 17.7. The van der Waals surface area contributed by atoms with Crippen LogP contribution in [0, 0.1) is 5.92 Å². The Hall–Kier alpha value is -3.82. The van der Waals surface area contributed by atoms with Crippen molar-refractivity contribution in [2.75, 3.05) is 22.2 Å². The SMILES string of the molecule is CNc1ccc2c(N3C(=O)N(c4ccc(OC(F)(F)F)cc4)C(=O)C34CC4C)ccnc2c1. The molecule has 1 aliphatic carbocycles. The van der Waals surface area contributed by atoms with E-state index in [1.807, 2.05) is 25.1 Å². The smallest absolute Gasteiger partial charge is 0.406 e. The third-order valence-corrected chi connectivity index (χ3v) is 6.21. The predicted molar refractivity (Wildman–Crippen MR) is 116 cm³/mol. The van der Waals surface area contributed by atoms with E-state index in [0.717, 1.165) is 22.7 Å². The van der Waals surface area contributed by atoms with Crippen LogP contribution < -0.4 is 19.9 Å². The molecule has 1 saturated carbocycles. The Morgan fingerprint density at radius 3 is 2.42 bits per heavy atom. The van der Waals surface area contributed by atoms with Crippen LogP contribution in [0.1, 0.15) is 13.3 Å². The molecule has 0 radical (unpaired) electrons. The number of pyridine rings is 1. The van der Waals surface area contributed by atoms with Crippen LogP contribution in [0.2, 0.25) is 0 Å². The number of urea groups is 1. The van der Waals surface area contributed by atoms with E-state index in [1.54, 1.807) is 19.3 Å². The van der Waals surface area contributed by atoms with E-state index < -0.39 is 29.6 Å². The Kier molecular flexibility index (Phi) is 4.52. The molecule has 1 aliphatic heterocycles. The minimum absolute atomic E-state index is 0.0772. The van der Waals surface area contributed by atoms with Gasteiger partial charge in [-0.25, -0.2) is 9.69 Å². The van der Waals surface area contributed by atoms with Crippen LogP contribution in [0.25, 0.3) is 10.9 Å². The molecule has 1 spiro atoms. The maximum atomic E-state index is 13.6. The van der Waals surface area contributed by atoms with Gasteiger partial charge in [0, 0.05) is 24.3 Å². The van der Waals surface area contributed by atoms with Crippen LogP contribution in [0.15, 0.2) is 54.7 Å². The molecule has 2 aliphatic rings. The van der Waals surface area contributed by atoms with Crippen molar-refractivity contribution < 1.29 is 27.5 Å². The minimum atomic E-state index is -4.83. The standard InChI is InChI=1S/C23H19F3N4O3/c1-13-12-22(13)20(31)29(15-4-6-16(7-5-15)33-23(24,25)26)21(32)30(22)19-9-10-28-18-11-14(27-2)3-8-17(18)19/h3-11,13,27H,12H2,1-2H3. The van der Waals surface area contributed by atoms with E-state index in [4.69, 9.17) is 0 Å². The average molecular weight is 456 g/mol. The molecule has 7 nitrogen and oxygen atoms in total. The second-order valence-corrected chi connectivity index (χ2v) is 8.14. The summed E-state index contributed by atoms with van der Waals surface area (Å²) in [7, 11) is 1.79. The van der Waals surface area contributed by atoms with E-state index in [-0.39, 0.29) is 11.6 Å². The second kappa shape index (κ2) is 7.09. The number of rotatable bonds is 4. The molecule has 2 unspecified atom stereocenters. The number of benzene rings is 2. The number of carbonyl (C=O) groups excluding carboxylic acids is 2. The maximum Gasteiger partial charge on any atom is 0.573 e. The fourth-order valence-electron chi connectivity index (χ4n) is 4.49. The number of hydrogen-bond donors (Lipinski definition) is 1. The lowest BCUT2D eigenvalue weighted by Gasteiger charge is -2.23. The molecule has 3 aromatic rings. The Morgan fingerprint density at radius 2 is 1.82 bits per heavy atom. The summed E-state index contributed by atoms with van der Waals surface area (Å²) in [6.45, 7) is 1.89. The molecule has 2 aromatic carbocycles. The maximum absolute atomic E-state index is 13.6. The summed E-state index contributed by atoms with van der Waals surface area (Å²) in [4.78, 5) is 34.0. The third-order valence-electron chi connectivity index (χ3n) is 6.21. The van der Waals surface area contributed by atoms with Crippen LogP contribution in [0.3, 0.4) is 0 Å². The fourth-order valence-corrected chi connectivity index (χ4v) is 4.49. The second-order valence-electron chi connectivity index (χ2n) is 8.14. The first kappa shape index (κ1) is 21.0. The topological polar surface area (TPSA) is 74.8 Å². The molecule has 2 atom stereocenters. The van der Waals surface area contributed by atoms with Gasteiger partial charge in [-0.05, 0) is 60.9 Å². The van der Waals surface area contributed by atoms with Crippen molar-refractivity contribution in [3.63, 3.8) is 0 Å². The summed E-state index contributed by atoms with van der Waals surface area (Å²) in [5.41, 5.74) is 1.22. The van der Waals surface area contributed by atoms with Gasteiger partial charge in [-0.3, -0.25) is 14.7 Å². The largest absolute Gasteiger partial charge is 0.573 e. The van der Waals surface area contributed by atoms with Gasteiger partial charge in [-0.15, -0.1) is 13.2 Å². The molecule has 2 heterocycles. The molecule has 33 heavy (non-hydrogen) atoms. The van der Waals surface area contributed by atoms with Crippen molar-refractivity contribution in [1.82, 2.24) is 4.98 Å². The summed E-state index contributed by atoms with van der Waals surface area (Å²) in [5.74, 6) is -0.912. The van der Waals surface area contributed by atoms with Gasteiger partial charge in [0.15, 0.2) is 0 Å². The lowest BCUT2D eigenvalue weighted by atomic mass is 10.1. The molecule has 3 amide bonds. The number of nitrogens with one attached hydrogen (secondary N) is 1. The number of fused-ring (bicyclic) bond motifs is 1. The van der Waals surface area contributed by atoms with Crippen molar-refractivity contribution in [3.05, 3.63) is 54.7 Å². The molecule has 1 saturated heterocycles. The third kappa shape index (κ3) is 3.24. The number of ether oxygens (including phenoxy) is 1. The van der Waals surface area contributed by atoms with Crippen molar-refractivity contribution in [1.29, 1.82) is 0 Å². The van der Waals surface area contributed by atoms with Crippen LogP contribution in [-0.4, -0.2) is 35.9 Å². The number of imide groups is 1. The number of aromatic nitrogens is 1. The van der Waals surface area contributed by atoms with Crippen molar-refractivity contribution >= 4 is 39.9 Å². The van der Waals surface area contributed by atoms with E-state index in [9.17, 15) is 22.8 Å². The number of carbonyl (C=O) groups is 2. The van der Waals surface area contributed by atoms with Gasteiger partial charge in [0.2, 0.25) is 0 Å². The minimum Gasteiger partial charge on any atom is -0.406 e. The number of amides is 3. The normalized spacial score (nSPS) is 22.4. The van der Waals surface area contributed by atoms with Gasteiger partial charge in [0.05, 0.1) is 16.9 Å². The summed E-state index contributed by atoms with van der Waals surface area (Å²) in [6.07, 6.45) is -2.76. The summed E-state index contributed by atoms with van der Waals surface area (Å²) in [5, 5.41) is 3.76. The molecule has 170 valence electrons. The molecule has 10 heteroatoms. The highest BCUT2D eigenvalue weighted by atomic mass is 19.4. The van der Waals surface area contributed by atoms with Gasteiger partial charge in [-0.2, -0.15) is 0 Å². The zero-order chi connectivity index (χ0) is 23.5. The average Bonchev–Trinajstić information content (AvgIpc) is 3.39. The Bertz CT molecular complexity index is 1280. The van der Waals surface area contributed by atoms with Crippen LogP contribution in [-0.2, 0) is 4.79 Å². The van der Waals surface area contributed by atoms with E-state index in [0.29, 0.717) is 23.0 Å².